The van der Waals surface area contributed by atoms with Gasteiger partial charge in [0, 0.05) is 35.2 Å². The molecule has 5 rings (SSSR count). The van der Waals surface area contributed by atoms with Crippen molar-refractivity contribution in [2.45, 2.75) is 51.0 Å². The molecule has 0 radical (unpaired) electrons. The van der Waals surface area contributed by atoms with Crippen LogP contribution in [-0.2, 0) is 6.42 Å². The van der Waals surface area contributed by atoms with Crippen LogP contribution in [0.5, 0.6) is 0 Å². The highest BCUT2D eigenvalue weighted by atomic mass is 35.5. The van der Waals surface area contributed by atoms with Crippen molar-refractivity contribution >= 4 is 45.7 Å². The molecule has 3 aromatic rings. The first-order valence-electron chi connectivity index (χ1n) is 11.8. The molecule has 170 valence electrons. The zero-order valence-corrected chi connectivity index (χ0v) is 20.0. The number of benzene rings is 3. The molecule has 33 heavy (non-hydrogen) atoms. The van der Waals surface area contributed by atoms with E-state index in [2.05, 4.69) is 4.90 Å². The molecule has 0 spiro atoms. The van der Waals surface area contributed by atoms with Gasteiger partial charge in [0.05, 0.1) is 5.02 Å². The standard InChI is InChI=1S/C28H27Cl2NO2/c29-20-12-14-24(25(30)17-20)27(32)16-19-11-13-23(22-9-3-2-8-21(19)22)28(33)31-15-5-7-18-6-1-4-10-26(18)31/h2-3,8-9,11-14,17-18,26H,1,4-7,10,15-16H2/t18-,26+/m1/s1. The lowest BCUT2D eigenvalue weighted by atomic mass is 9.78. The monoisotopic (exact) mass is 479 g/mol. The lowest BCUT2D eigenvalue weighted by Gasteiger charge is -2.44. The first-order valence-corrected chi connectivity index (χ1v) is 12.6. The lowest BCUT2D eigenvalue weighted by molar-refractivity contribution is 0.0392. The Morgan fingerprint density at radius 3 is 2.39 bits per heavy atom. The smallest absolute Gasteiger partial charge is 0.254 e. The molecule has 2 fully saturated rings. The summed E-state index contributed by atoms with van der Waals surface area (Å²) in [5, 5.41) is 2.71. The van der Waals surface area contributed by atoms with E-state index in [1.165, 1.54) is 25.7 Å². The highest BCUT2D eigenvalue weighted by molar-refractivity contribution is 6.36. The number of Topliss-reactive ketones (excluding diaryl/α,β-unsaturated/α-hetero) is 1. The van der Waals surface area contributed by atoms with E-state index in [-0.39, 0.29) is 18.1 Å². The third-order valence-corrected chi connectivity index (χ3v) is 7.88. The summed E-state index contributed by atoms with van der Waals surface area (Å²) in [4.78, 5) is 28.9. The summed E-state index contributed by atoms with van der Waals surface area (Å²) >= 11 is 12.2. The minimum absolute atomic E-state index is 0.0676. The summed E-state index contributed by atoms with van der Waals surface area (Å²) in [5.74, 6) is 0.701. The van der Waals surface area contributed by atoms with Crippen LogP contribution in [0.1, 0.15) is 64.8 Å². The molecule has 2 aliphatic rings. The van der Waals surface area contributed by atoms with E-state index in [1.54, 1.807) is 18.2 Å². The van der Waals surface area contributed by atoms with Crippen molar-refractivity contribution < 1.29 is 9.59 Å². The number of hydrogen-bond donors (Lipinski definition) is 0. The number of rotatable bonds is 4. The number of likely N-dealkylation sites (tertiary alicyclic amines) is 1. The Kier molecular flexibility index (Phi) is 6.44. The van der Waals surface area contributed by atoms with Crippen molar-refractivity contribution in [2.24, 2.45) is 5.92 Å². The van der Waals surface area contributed by atoms with Crippen LogP contribution in [0.4, 0.5) is 0 Å². The summed E-state index contributed by atoms with van der Waals surface area (Å²) < 4.78 is 0. The van der Waals surface area contributed by atoms with Crippen molar-refractivity contribution in [1.29, 1.82) is 0 Å². The van der Waals surface area contributed by atoms with Gasteiger partial charge in [-0.3, -0.25) is 9.59 Å². The van der Waals surface area contributed by atoms with Gasteiger partial charge in [0.15, 0.2) is 5.78 Å². The average molecular weight is 480 g/mol. The first-order chi connectivity index (χ1) is 16.0. The van der Waals surface area contributed by atoms with E-state index >= 15 is 0 Å². The SMILES string of the molecule is O=C(Cc1ccc(C(=O)N2CCC[C@H]3CCCC[C@@H]32)c2ccccc12)c1ccc(Cl)cc1Cl. The third-order valence-electron chi connectivity index (χ3n) is 7.33. The maximum atomic E-state index is 13.7. The number of fused-ring (bicyclic) bond motifs is 2. The Morgan fingerprint density at radius 2 is 1.58 bits per heavy atom. The predicted octanol–water partition coefficient (Wildman–Crippen LogP) is 7.37. The van der Waals surface area contributed by atoms with Crippen molar-refractivity contribution in [3.8, 4) is 0 Å². The van der Waals surface area contributed by atoms with Gasteiger partial charge < -0.3 is 4.90 Å². The number of amides is 1. The van der Waals surface area contributed by atoms with E-state index in [0.717, 1.165) is 41.3 Å². The number of hydrogen-bond acceptors (Lipinski definition) is 2. The van der Waals surface area contributed by atoms with Gasteiger partial charge >= 0.3 is 0 Å². The van der Waals surface area contributed by atoms with Crippen molar-refractivity contribution in [3.05, 3.63) is 81.3 Å². The molecule has 1 amide bonds. The molecule has 1 saturated heterocycles. The van der Waals surface area contributed by atoms with Gasteiger partial charge in [-0.2, -0.15) is 0 Å². The van der Waals surface area contributed by atoms with Crippen LogP contribution in [-0.4, -0.2) is 29.2 Å². The van der Waals surface area contributed by atoms with Crippen LogP contribution >= 0.6 is 23.2 Å². The molecule has 3 nitrogen and oxygen atoms in total. The molecule has 5 heteroatoms. The van der Waals surface area contributed by atoms with E-state index < -0.39 is 0 Å². The van der Waals surface area contributed by atoms with Crippen LogP contribution in [0.15, 0.2) is 54.6 Å². The summed E-state index contributed by atoms with van der Waals surface area (Å²) in [7, 11) is 0. The molecule has 0 aromatic heterocycles. The number of carbonyl (C=O) groups excluding carboxylic acids is 2. The molecule has 1 heterocycles. The zero-order valence-electron chi connectivity index (χ0n) is 18.5. The molecule has 0 bridgehead atoms. The summed E-state index contributed by atoms with van der Waals surface area (Å²) in [6.07, 6.45) is 7.38. The molecular weight excluding hydrogens is 453 g/mol. The predicted molar refractivity (Wildman–Crippen MR) is 134 cm³/mol. The van der Waals surface area contributed by atoms with Gasteiger partial charge in [-0.15, -0.1) is 0 Å². The van der Waals surface area contributed by atoms with Gasteiger partial charge in [0.25, 0.3) is 5.91 Å². The van der Waals surface area contributed by atoms with Crippen LogP contribution in [0.2, 0.25) is 10.0 Å². The summed E-state index contributed by atoms with van der Waals surface area (Å²) in [5.41, 5.74) is 2.09. The Balaban J connectivity index is 1.47. The normalized spacial score (nSPS) is 20.5. The van der Waals surface area contributed by atoms with E-state index in [1.807, 2.05) is 36.4 Å². The number of nitrogens with zero attached hydrogens (tertiary/aromatic N) is 1. The fourth-order valence-corrected chi connectivity index (χ4v) is 6.23. The highest BCUT2D eigenvalue weighted by Crippen LogP contribution is 2.37. The van der Waals surface area contributed by atoms with E-state index in [0.29, 0.717) is 27.6 Å². The van der Waals surface area contributed by atoms with Crippen molar-refractivity contribution in [2.75, 3.05) is 6.54 Å². The average Bonchev–Trinajstić information content (AvgIpc) is 2.83. The molecule has 1 aliphatic heterocycles. The molecular formula is C28H27Cl2NO2. The molecule has 1 saturated carbocycles. The lowest BCUT2D eigenvalue weighted by Crippen LogP contribution is -2.49. The Hall–Kier alpha value is -2.36. The highest BCUT2D eigenvalue weighted by Gasteiger charge is 2.36. The minimum atomic E-state index is -0.0676. The maximum Gasteiger partial charge on any atom is 0.254 e. The first kappa shape index (κ1) is 22.4. The Labute approximate surface area is 204 Å². The Morgan fingerprint density at radius 1 is 0.848 bits per heavy atom. The molecule has 2 atom stereocenters. The van der Waals surface area contributed by atoms with Crippen molar-refractivity contribution in [3.63, 3.8) is 0 Å². The second-order valence-electron chi connectivity index (χ2n) is 9.29. The molecule has 0 unspecified atom stereocenters. The number of halogens is 2. The molecule has 1 aliphatic carbocycles. The van der Waals surface area contributed by atoms with Gasteiger partial charge in [-0.05, 0) is 72.2 Å². The van der Waals surface area contributed by atoms with Gasteiger partial charge in [-0.25, -0.2) is 0 Å². The fraction of sp³-hybridized carbons (Fsp3) is 0.357. The van der Waals surface area contributed by atoms with Gasteiger partial charge in [-0.1, -0.05) is 66.4 Å². The number of piperidine rings is 1. The number of carbonyl (C=O) groups is 2. The summed E-state index contributed by atoms with van der Waals surface area (Å²) in [6.45, 7) is 0.837. The molecule has 0 N–H and O–H groups in total. The van der Waals surface area contributed by atoms with Crippen LogP contribution in [0, 0.1) is 5.92 Å². The molecule has 3 aromatic carbocycles. The van der Waals surface area contributed by atoms with Crippen LogP contribution < -0.4 is 0 Å². The zero-order chi connectivity index (χ0) is 22.9. The van der Waals surface area contributed by atoms with Gasteiger partial charge in [0.1, 0.15) is 0 Å². The second-order valence-corrected chi connectivity index (χ2v) is 10.1. The van der Waals surface area contributed by atoms with E-state index in [9.17, 15) is 9.59 Å². The van der Waals surface area contributed by atoms with E-state index in [4.69, 9.17) is 23.2 Å². The largest absolute Gasteiger partial charge is 0.335 e. The van der Waals surface area contributed by atoms with Crippen LogP contribution in [0.25, 0.3) is 10.8 Å². The summed E-state index contributed by atoms with van der Waals surface area (Å²) in [6, 6.07) is 17.1. The van der Waals surface area contributed by atoms with Crippen LogP contribution in [0.3, 0.4) is 0 Å². The minimum Gasteiger partial charge on any atom is -0.335 e. The quantitative estimate of drug-likeness (QED) is 0.366. The topological polar surface area (TPSA) is 37.4 Å². The van der Waals surface area contributed by atoms with Gasteiger partial charge in [0.2, 0.25) is 0 Å². The number of ketones is 1. The fourth-order valence-electron chi connectivity index (χ4n) is 5.72. The second kappa shape index (κ2) is 9.48. The Bertz CT molecular complexity index is 1220. The third kappa shape index (κ3) is 4.41. The van der Waals surface area contributed by atoms with Crippen molar-refractivity contribution in [1.82, 2.24) is 4.90 Å². The maximum absolute atomic E-state index is 13.7.